The Balaban J connectivity index is 2.55. The predicted octanol–water partition coefficient (Wildman–Crippen LogP) is 2.17. The summed E-state index contributed by atoms with van der Waals surface area (Å²) in [5.74, 6) is -1.19. The molecule has 0 aliphatic heterocycles. The van der Waals surface area contributed by atoms with Gasteiger partial charge in [-0.3, -0.25) is 4.79 Å². The van der Waals surface area contributed by atoms with Crippen LogP contribution in [0, 0.1) is 11.1 Å². The molecule has 0 amide bonds. The van der Waals surface area contributed by atoms with Crippen molar-refractivity contribution in [1.29, 1.82) is 0 Å². The second kappa shape index (κ2) is 6.08. The van der Waals surface area contributed by atoms with Crippen LogP contribution in [0.2, 0.25) is 0 Å². The standard InChI is InChI=1S/C12H23N3O4/c1-5-14(12(2,3)4)15(18)13-19-10-7-6-9(8-10)11(16)17/h9-10H,5-8H2,1-4H3,(H,16,17)/b15-13+/t9-,10+/m0/s1. The molecule has 0 unspecified atom stereocenters. The van der Waals surface area contributed by atoms with Crippen LogP contribution in [0.25, 0.3) is 0 Å². The minimum absolute atomic E-state index is 0.281. The number of hydrogen-bond donors (Lipinski definition) is 1. The van der Waals surface area contributed by atoms with Crippen molar-refractivity contribution in [3.63, 3.8) is 0 Å². The fourth-order valence-corrected chi connectivity index (χ4v) is 2.26. The third-order valence-electron chi connectivity index (χ3n) is 3.28. The van der Waals surface area contributed by atoms with Crippen LogP contribution in [-0.4, -0.2) is 39.2 Å². The van der Waals surface area contributed by atoms with Gasteiger partial charge < -0.3 is 15.2 Å². The van der Waals surface area contributed by atoms with E-state index in [2.05, 4.69) is 5.28 Å². The van der Waals surface area contributed by atoms with Crippen LogP contribution in [0.4, 0.5) is 0 Å². The molecule has 1 saturated carbocycles. The first-order chi connectivity index (χ1) is 8.75. The maximum atomic E-state index is 11.8. The number of carboxylic acids is 1. The van der Waals surface area contributed by atoms with Crippen molar-refractivity contribution in [1.82, 2.24) is 5.01 Å². The number of rotatable bonds is 5. The van der Waals surface area contributed by atoms with Crippen LogP contribution in [0.5, 0.6) is 0 Å². The normalized spacial score (nSPS) is 24.3. The van der Waals surface area contributed by atoms with Gasteiger partial charge in [-0.2, -0.15) is 0 Å². The summed E-state index contributed by atoms with van der Waals surface area (Å²) < 4.78 is 0. The fourth-order valence-electron chi connectivity index (χ4n) is 2.26. The minimum Gasteiger partial charge on any atom is -0.569 e. The number of aliphatic carboxylic acids is 1. The monoisotopic (exact) mass is 273 g/mol. The molecule has 1 aliphatic carbocycles. The average molecular weight is 273 g/mol. The van der Waals surface area contributed by atoms with Crippen LogP contribution >= 0.6 is 0 Å². The van der Waals surface area contributed by atoms with E-state index < -0.39 is 5.97 Å². The van der Waals surface area contributed by atoms with Gasteiger partial charge in [0.2, 0.25) is 5.28 Å². The summed E-state index contributed by atoms with van der Waals surface area (Å²) in [7, 11) is 0. The molecule has 19 heavy (non-hydrogen) atoms. The Morgan fingerprint density at radius 3 is 2.58 bits per heavy atom. The van der Waals surface area contributed by atoms with E-state index in [0.29, 0.717) is 30.8 Å². The lowest BCUT2D eigenvalue weighted by Crippen LogP contribution is -2.45. The van der Waals surface area contributed by atoms with Gasteiger partial charge in [-0.25, -0.2) is 0 Å². The third kappa shape index (κ3) is 4.25. The summed E-state index contributed by atoms with van der Waals surface area (Å²) in [6.45, 7) is 8.11. The van der Waals surface area contributed by atoms with Gasteiger partial charge in [-0.15, -0.1) is 5.01 Å². The molecule has 1 fully saturated rings. The molecule has 0 aromatic carbocycles. The number of carboxylic acid groups (broad SMARTS) is 1. The molecule has 7 heteroatoms. The van der Waals surface area contributed by atoms with Crippen molar-refractivity contribution in [2.24, 2.45) is 11.2 Å². The van der Waals surface area contributed by atoms with E-state index in [-0.39, 0.29) is 17.6 Å². The largest absolute Gasteiger partial charge is 0.569 e. The maximum Gasteiger partial charge on any atom is 0.306 e. The van der Waals surface area contributed by atoms with Gasteiger partial charge in [-0.05, 0) is 40.5 Å². The van der Waals surface area contributed by atoms with Gasteiger partial charge in [0.15, 0.2) is 0 Å². The molecular weight excluding hydrogens is 250 g/mol. The summed E-state index contributed by atoms with van der Waals surface area (Å²) in [6.07, 6.45) is 1.33. The molecule has 0 radical (unpaired) electrons. The Kier molecular flexibility index (Phi) is 4.97. The Morgan fingerprint density at radius 2 is 2.16 bits per heavy atom. The van der Waals surface area contributed by atoms with Gasteiger partial charge in [0.1, 0.15) is 6.10 Å². The highest BCUT2D eigenvalue weighted by atomic mass is 16.7. The van der Waals surface area contributed by atoms with Crippen molar-refractivity contribution in [3.8, 4) is 0 Å². The molecule has 2 atom stereocenters. The van der Waals surface area contributed by atoms with E-state index in [1.54, 1.807) is 0 Å². The molecule has 0 aromatic heterocycles. The van der Waals surface area contributed by atoms with Crippen molar-refractivity contribution in [3.05, 3.63) is 5.21 Å². The van der Waals surface area contributed by atoms with E-state index in [1.807, 2.05) is 27.7 Å². The molecule has 1 aliphatic rings. The molecule has 0 aromatic rings. The Hall–Kier alpha value is -1.53. The first-order valence-corrected chi connectivity index (χ1v) is 6.60. The van der Waals surface area contributed by atoms with Gasteiger partial charge in [-0.1, -0.05) is 0 Å². The lowest BCUT2D eigenvalue weighted by molar-refractivity contribution is -0.725. The Bertz CT molecular complexity index is 351. The fraction of sp³-hybridized carbons (Fsp3) is 0.917. The quantitative estimate of drug-likeness (QED) is 0.471. The number of carbonyl (C=O) groups is 1. The van der Waals surface area contributed by atoms with E-state index in [4.69, 9.17) is 9.94 Å². The molecule has 0 spiro atoms. The zero-order valence-corrected chi connectivity index (χ0v) is 12.0. The Labute approximate surface area is 113 Å². The van der Waals surface area contributed by atoms with Crippen LogP contribution in [0.1, 0.15) is 47.0 Å². The molecule has 1 N–H and O–H groups in total. The lowest BCUT2D eigenvalue weighted by atomic mass is 10.1. The highest BCUT2D eigenvalue weighted by Crippen LogP contribution is 2.28. The number of hydrazine groups is 1. The first-order valence-electron chi connectivity index (χ1n) is 6.60. The zero-order chi connectivity index (χ0) is 14.6. The molecule has 0 heterocycles. The molecule has 7 nitrogen and oxygen atoms in total. The average Bonchev–Trinajstić information content (AvgIpc) is 2.74. The van der Waals surface area contributed by atoms with E-state index in [1.165, 1.54) is 5.01 Å². The summed E-state index contributed by atoms with van der Waals surface area (Å²) in [5.41, 5.74) is -0.345. The lowest BCUT2D eigenvalue weighted by Gasteiger charge is -2.29. The highest BCUT2D eigenvalue weighted by Gasteiger charge is 2.32. The van der Waals surface area contributed by atoms with Crippen LogP contribution in [-0.2, 0) is 9.63 Å². The van der Waals surface area contributed by atoms with E-state index in [9.17, 15) is 10.0 Å². The maximum absolute atomic E-state index is 11.8. The number of nitrogens with zero attached hydrogens (tertiary/aromatic N) is 3. The van der Waals surface area contributed by atoms with Gasteiger partial charge >= 0.3 is 5.97 Å². The smallest absolute Gasteiger partial charge is 0.306 e. The van der Waals surface area contributed by atoms with Gasteiger partial charge in [0, 0.05) is 6.42 Å². The minimum atomic E-state index is -0.810. The molecule has 1 rings (SSSR count). The van der Waals surface area contributed by atoms with Crippen molar-refractivity contribution in [2.75, 3.05) is 6.54 Å². The Morgan fingerprint density at radius 1 is 1.53 bits per heavy atom. The number of hydrogen-bond acceptors (Lipinski definition) is 4. The van der Waals surface area contributed by atoms with Crippen molar-refractivity contribution in [2.45, 2.75) is 58.6 Å². The zero-order valence-electron chi connectivity index (χ0n) is 12.0. The van der Waals surface area contributed by atoms with Gasteiger partial charge in [0.05, 0.1) is 23.0 Å². The predicted molar refractivity (Wildman–Crippen MR) is 68.0 cm³/mol. The van der Waals surface area contributed by atoms with E-state index in [0.717, 1.165) is 0 Å². The summed E-state index contributed by atoms with van der Waals surface area (Å²) in [4.78, 5) is 16.4. The topological polar surface area (TPSA) is 88.2 Å². The van der Waals surface area contributed by atoms with E-state index >= 15 is 0 Å². The third-order valence-corrected chi connectivity index (χ3v) is 3.28. The van der Waals surface area contributed by atoms with Crippen LogP contribution < -0.4 is 0 Å². The summed E-state index contributed by atoms with van der Waals surface area (Å²) in [6, 6.07) is 0. The first kappa shape index (κ1) is 15.5. The summed E-state index contributed by atoms with van der Waals surface area (Å²) >= 11 is 0. The van der Waals surface area contributed by atoms with Crippen molar-refractivity contribution < 1.29 is 19.7 Å². The molecule has 0 saturated heterocycles. The van der Waals surface area contributed by atoms with Crippen molar-refractivity contribution >= 4 is 5.97 Å². The molecule has 0 bridgehead atoms. The van der Waals surface area contributed by atoms with Gasteiger partial charge in [0.25, 0.3) is 0 Å². The highest BCUT2D eigenvalue weighted by molar-refractivity contribution is 5.70. The van der Waals surface area contributed by atoms with Crippen LogP contribution in [0.3, 0.4) is 0 Å². The SMILES string of the molecule is CCN(/[N+]([O-])=N\O[C@@H]1CC[C@H](C(=O)O)C1)C(C)(C)C. The second-order valence-electron chi connectivity index (χ2n) is 5.80. The van der Waals surface area contributed by atoms with Crippen LogP contribution in [0.15, 0.2) is 5.28 Å². The second-order valence-corrected chi connectivity index (χ2v) is 5.80. The molecular formula is C12H23N3O4. The summed E-state index contributed by atoms with van der Waals surface area (Å²) in [5, 5.41) is 25.8. The molecule has 110 valence electrons.